The van der Waals surface area contributed by atoms with Crippen LogP contribution in [0.4, 0.5) is 0 Å². The second kappa shape index (κ2) is 6.64. The molecule has 9 heteroatoms. The molecule has 0 radical (unpaired) electrons. The van der Waals surface area contributed by atoms with Crippen LogP contribution in [0.1, 0.15) is 36.2 Å². The van der Waals surface area contributed by atoms with E-state index in [-0.39, 0.29) is 23.3 Å². The number of hydrogen-bond donors (Lipinski definition) is 1. The Kier molecular flexibility index (Phi) is 4.29. The Morgan fingerprint density at radius 3 is 2.78 bits per heavy atom. The van der Waals surface area contributed by atoms with Crippen molar-refractivity contribution in [1.82, 2.24) is 25.1 Å². The highest BCUT2D eigenvalue weighted by atomic mass is 16.5. The van der Waals surface area contributed by atoms with E-state index in [2.05, 4.69) is 20.2 Å². The minimum absolute atomic E-state index is 0.126. The molecular formula is C18H21N5O4. The van der Waals surface area contributed by atoms with Gasteiger partial charge < -0.3 is 14.4 Å². The zero-order chi connectivity index (χ0) is 19.0. The number of esters is 1. The molecule has 27 heavy (non-hydrogen) atoms. The first kappa shape index (κ1) is 17.4. The van der Waals surface area contributed by atoms with Crippen LogP contribution in [0, 0.1) is 5.92 Å². The summed E-state index contributed by atoms with van der Waals surface area (Å²) >= 11 is 0. The lowest BCUT2D eigenvalue weighted by atomic mass is 9.88. The number of rotatable bonds is 4. The summed E-state index contributed by atoms with van der Waals surface area (Å²) in [6, 6.07) is 3.36. The van der Waals surface area contributed by atoms with Crippen molar-refractivity contribution in [1.29, 1.82) is 0 Å². The third kappa shape index (κ3) is 3.13. The molecule has 1 atom stereocenters. The summed E-state index contributed by atoms with van der Waals surface area (Å²) in [5.74, 6) is -0.0125. The number of aromatic nitrogens is 4. The number of piperidine rings is 1. The summed E-state index contributed by atoms with van der Waals surface area (Å²) in [5.41, 5.74) is 1.32. The van der Waals surface area contributed by atoms with E-state index in [0.717, 1.165) is 12.8 Å². The van der Waals surface area contributed by atoms with Gasteiger partial charge in [-0.25, -0.2) is 9.97 Å². The lowest BCUT2D eigenvalue weighted by molar-refractivity contribution is -0.147. The van der Waals surface area contributed by atoms with Crippen molar-refractivity contribution in [2.24, 2.45) is 5.92 Å². The fourth-order valence-corrected chi connectivity index (χ4v) is 3.80. The summed E-state index contributed by atoms with van der Waals surface area (Å²) in [4.78, 5) is 34.9. The molecule has 1 N–H and O–H groups in total. The van der Waals surface area contributed by atoms with Crippen molar-refractivity contribution in [2.45, 2.75) is 31.2 Å². The Hall–Kier alpha value is -2.97. The highest BCUT2D eigenvalue weighted by Crippen LogP contribution is 2.50. The number of nitrogens with one attached hydrogen (secondary N) is 1. The summed E-state index contributed by atoms with van der Waals surface area (Å²) in [6.45, 7) is 0.530. The molecule has 2 aromatic rings. The highest BCUT2D eigenvalue weighted by Gasteiger charge is 2.55. The van der Waals surface area contributed by atoms with Crippen LogP contribution in [0.15, 0.2) is 18.5 Å². The van der Waals surface area contributed by atoms with Crippen LogP contribution in [0.2, 0.25) is 0 Å². The van der Waals surface area contributed by atoms with Crippen molar-refractivity contribution < 1.29 is 19.1 Å². The van der Waals surface area contributed by atoms with Crippen LogP contribution in [-0.4, -0.2) is 63.2 Å². The molecule has 9 nitrogen and oxygen atoms in total. The quantitative estimate of drug-likeness (QED) is 0.810. The molecule has 2 fully saturated rings. The van der Waals surface area contributed by atoms with E-state index in [4.69, 9.17) is 9.47 Å². The summed E-state index contributed by atoms with van der Waals surface area (Å²) in [6.07, 6.45) is 4.49. The van der Waals surface area contributed by atoms with Crippen molar-refractivity contribution >= 4 is 11.9 Å². The van der Waals surface area contributed by atoms with Gasteiger partial charge in [-0.3, -0.25) is 14.7 Å². The van der Waals surface area contributed by atoms with E-state index >= 15 is 0 Å². The fraction of sp³-hybridized carbons (Fsp3) is 0.500. The molecule has 0 aromatic carbocycles. The third-order valence-corrected chi connectivity index (χ3v) is 5.43. The number of ether oxygens (including phenoxy) is 2. The summed E-state index contributed by atoms with van der Waals surface area (Å²) < 4.78 is 9.98. The van der Waals surface area contributed by atoms with E-state index in [1.165, 1.54) is 20.5 Å². The normalized spacial score (nSPS) is 20.4. The average Bonchev–Trinajstić information content (AvgIpc) is 3.28. The number of amides is 1. The van der Waals surface area contributed by atoms with Crippen molar-refractivity contribution in [3.05, 3.63) is 24.2 Å². The topological polar surface area (TPSA) is 110 Å². The monoisotopic (exact) mass is 371 g/mol. The van der Waals surface area contributed by atoms with Gasteiger partial charge in [-0.1, -0.05) is 0 Å². The van der Waals surface area contributed by atoms with Crippen LogP contribution >= 0.6 is 0 Å². The molecule has 1 saturated heterocycles. The van der Waals surface area contributed by atoms with Gasteiger partial charge in [-0.15, -0.1) is 0 Å². The molecule has 2 aliphatic rings. The van der Waals surface area contributed by atoms with Crippen molar-refractivity contribution in [3.8, 4) is 17.3 Å². The molecule has 1 spiro atoms. The number of carbonyl (C=O) groups is 2. The van der Waals surface area contributed by atoms with Crippen molar-refractivity contribution in [3.63, 3.8) is 0 Å². The lowest BCUT2D eigenvalue weighted by Crippen LogP contribution is -2.49. The van der Waals surface area contributed by atoms with Crippen LogP contribution in [0.3, 0.4) is 0 Å². The summed E-state index contributed by atoms with van der Waals surface area (Å²) in [7, 11) is 2.94. The molecular weight excluding hydrogens is 350 g/mol. The molecule has 1 unspecified atom stereocenters. The SMILES string of the molecule is COC(=O)C1CCN(C(=O)c2cc(-c3cc(OC)ncn3)[nH]n2)C2(CC2)C1. The molecule has 3 heterocycles. The predicted molar refractivity (Wildman–Crippen MR) is 93.9 cm³/mol. The smallest absolute Gasteiger partial charge is 0.308 e. The first-order valence-corrected chi connectivity index (χ1v) is 8.88. The first-order chi connectivity index (χ1) is 13.1. The Bertz CT molecular complexity index is 876. The van der Waals surface area contributed by atoms with Crippen LogP contribution < -0.4 is 4.74 Å². The minimum atomic E-state index is -0.231. The van der Waals surface area contributed by atoms with E-state index in [9.17, 15) is 9.59 Å². The largest absolute Gasteiger partial charge is 0.481 e. The Labute approximate surface area is 156 Å². The number of H-pyrrole nitrogens is 1. The maximum absolute atomic E-state index is 13.0. The Morgan fingerprint density at radius 2 is 2.07 bits per heavy atom. The fourth-order valence-electron chi connectivity index (χ4n) is 3.80. The average molecular weight is 371 g/mol. The van der Waals surface area contributed by atoms with Crippen LogP contribution in [0.5, 0.6) is 5.88 Å². The number of hydrogen-bond acceptors (Lipinski definition) is 7. The van der Waals surface area contributed by atoms with E-state index in [0.29, 0.717) is 42.3 Å². The van der Waals surface area contributed by atoms with Gasteiger partial charge in [0.1, 0.15) is 6.33 Å². The molecule has 1 aliphatic carbocycles. The van der Waals surface area contributed by atoms with Crippen LogP contribution in [-0.2, 0) is 9.53 Å². The van der Waals surface area contributed by atoms with Gasteiger partial charge in [0, 0.05) is 18.2 Å². The van der Waals surface area contributed by atoms with E-state index in [1.54, 1.807) is 12.1 Å². The third-order valence-electron chi connectivity index (χ3n) is 5.43. The summed E-state index contributed by atoms with van der Waals surface area (Å²) in [5, 5.41) is 7.04. The molecule has 1 aliphatic heterocycles. The van der Waals surface area contributed by atoms with E-state index < -0.39 is 0 Å². The zero-order valence-electron chi connectivity index (χ0n) is 15.3. The zero-order valence-corrected chi connectivity index (χ0v) is 15.3. The number of likely N-dealkylation sites (tertiary alicyclic amines) is 1. The maximum atomic E-state index is 13.0. The standard InChI is InChI=1S/C18H21N5O4/c1-26-15-8-12(19-10-20-15)13-7-14(22-21-13)16(24)23-6-3-11(17(25)27-2)9-18(23)4-5-18/h7-8,10-11H,3-6,9H2,1-2H3,(H,21,22). The van der Waals surface area contributed by atoms with Crippen molar-refractivity contribution in [2.75, 3.05) is 20.8 Å². The number of methoxy groups -OCH3 is 2. The molecule has 142 valence electrons. The van der Waals surface area contributed by atoms with Gasteiger partial charge in [0.2, 0.25) is 5.88 Å². The highest BCUT2D eigenvalue weighted by molar-refractivity contribution is 5.94. The lowest BCUT2D eigenvalue weighted by Gasteiger charge is -2.38. The molecule has 1 amide bonds. The van der Waals surface area contributed by atoms with Gasteiger partial charge in [0.05, 0.1) is 31.5 Å². The molecule has 1 saturated carbocycles. The molecule has 2 aromatic heterocycles. The second-order valence-electron chi connectivity index (χ2n) is 7.01. The molecule has 4 rings (SSSR count). The Morgan fingerprint density at radius 1 is 1.26 bits per heavy atom. The first-order valence-electron chi connectivity index (χ1n) is 8.88. The maximum Gasteiger partial charge on any atom is 0.308 e. The van der Waals surface area contributed by atoms with Gasteiger partial charge in [0.15, 0.2) is 5.69 Å². The molecule has 0 bridgehead atoms. The minimum Gasteiger partial charge on any atom is -0.481 e. The second-order valence-corrected chi connectivity index (χ2v) is 7.01. The van der Waals surface area contributed by atoms with Gasteiger partial charge in [0.25, 0.3) is 5.91 Å². The number of aromatic amines is 1. The Balaban J connectivity index is 1.52. The van der Waals surface area contributed by atoms with Crippen LogP contribution in [0.25, 0.3) is 11.4 Å². The van der Waals surface area contributed by atoms with E-state index in [1.807, 2.05) is 4.90 Å². The number of nitrogens with zero attached hydrogens (tertiary/aromatic N) is 4. The van der Waals surface area contributed by atoms with Gasteiger partial charge in [-0.05, 0) is 31.7 Å². The van der Waals surface area contributed by atoms with Gasteiger partial charge >= 0.3 is 5.97 Å². The van der Waals surface area contributed by atoms with Gasteiger partial charge in [-0.2, -0.15) is 5.10 Å². The number of carbonyl (C=O) groups excluding carboxylic acids is 2. The predicted octanol–water partition coefficient (Wildman–Crippen LogP) is 1.43.